The van der Waals surface area contributed by atoms with E-state index in [2.05, 4.69) is 5.32 Å². The number of nitrogens with one attached hydrogen (secondary N) is 1. The zero-order valence-corrected chi connectivity index (χ0v) is 11.5. The van der Waals surface area contributed by atoms with Crippen molar-refractivity contribution in [3.8, 4) is 0 Å². The van der Waals surface area contributed by atoms with Crippen LogP contribution in [0.25, 0.3) is 0 Å². The Hall–Kier alpha value is -0.910. The molecule has 18 heavy (non-hydrogen) atoms. The van der Waals surface area contributed by atoms with Crippen molar-refractivity contribution >= 4 is 17.3 Å². The van der Waals surface area contributed by atoms with Crippen LogP contribution in [0.5, 0.6) is 0 Å². The maximum absolute atomic E-state index is 11.4. The fourth-order valence-corrected chi connectivity index (χ4v) is 3.29. The largest absolute Gasteiger partial charge is 0.480 e. The van der Waals surface area contributed by atoms with Crippen molar-refractivity contribution in [1.82, 2.24) is 5.32 Å². The van der Waals surface area contributed by atoms with Crippen LogP contribution in [0.15, 0.2) is 6.07 Å². The van der Waals surface area contributed by atoms with Crippen molar-refractivity contribution in [2.45, 2.75) is 38.8 Å². The lowest BCUT2D eigenvalue weighted by Gasteiger charge is -2.17. The first-order chi connectivity index (χ1) is 8.58. The maximum atomic E-state index is 11.4. The van der Waals surface area contributed by atoms with Gasteiger partial charge in [0.05, 0.1) is 6.10 Å². The van der Waals surface area contributed by atoms with Gasteiger partial charge in [0.25, 0.3) is 0 Å². The Balaban J connectivity index is 2.03. The highest BCUT2D eigenvalue weighted by Crippen LogP contribution is 2.27. The van der Waals surface area contributed by atoms with Gasteiger partial charge in [-0.15, -0.1) is 11.3 Å². The molecule has 0 spiro atoms. The molecule has 1 aromatic rings. The molecule has 2 N–H and O–H groups in total. The second kappa shape index (κ2) is 5.82. The van der Waals surface area contributed by atoms with Gasteiger partial charge < -0.3 is 9.84 Å². The fourth-order valence-electron chi connectivity index (χ4n) is 2.32. The molecule has 1 aromatic heterocycles. The SMILES string of the molecule is Cc1cc(C(NCC2CCCO2)C(=O)O)c(C)s1. The molecule has 1 saturated heterocycles. The van der Waals surface area contributed by atoms with E-state index in [1.807, 2.05) is 19.9 Å². The van der Waals surface area contributed by atoms with Crippen LogP contribution in [-0.4, -0.2) is 30.3 Å². The topological polar surface area (TPSA) is 58.6 Å². The molecule has 0 bridgehead atoms. The van der Waals surface area contributed by atoms with Gasteiger partial charge in [-0.3, -0.25) is 10.1 Å². The lowest BCUT2D eigenvalue weighted by atomic mass is 10.1. The van der Waals surface area contributed by atoms with Gasteiger partial charge in [-0.05, 0) is 38.3 Å². The van der Waals surface area contributed by atoms with E-state index in [1.54, 1.807) is 11.3 Å². The van der Waals surface area contributed by atoms with Gasteiger partial charge in [0.2, 0.25) is 0 Å². The number of rotatable bonds is 5. The van der Waals surface area contributed by atoms with Gasteiger partial charge in [-0.25, -0.2) is 0 Å². The Morgan fingerprint density at radius 3 is 2.94 bits per heavy atom. The molecule has 2 rings (SSSR count). The summed E-state index contributed by atoms with van der Waals surface area (Å²) in [4.78, 5) is 13.6. The second-order valence-corrected chi connectivity index (χ2v) is 6.14. The number of hydrogen-bond donors (Lipinski definition) is 2. The van der Waals surface area contributed by atoms with Crippen LogP contribution < -0.4 is 5.32 Å². The minimum atomic E-state index is -0.825. The highest BCUT2D eigenvalue weighted by atomic mass is 32.1. The molecule has 4 nitrogen and oxygen atoms in total. The minimum absolute atomic E-state index is 0.159. The molecule has 0 saturated carbocycles. The molecule has 0 aliphatic carbocycles. The Morgan fingerprint density at radius 2 is 2.44 bits per heavy atom. The molecular formula is C13H19NO3S. The summed E-state index contributed by atoms with van der Waals surface area (Å²) >= 11 is 1.64. The summed E-state index contributed by atoms with van der Waals surface area (Å²) in [5, 5.41) is 12.4. The smallest absolute Gasteiger partial charge is 0.325 e. The van der Waals surface area contributed by atoms with Crippen molar-refractivity contribution in [3.63, 3.8) is 0 Å². The highest BCUT2D eigenvalue weighted by molar-refractivity contribution is 7.12. The summed E-state index contributed by atoms with van der Waals surface area (Å²) in [6.45, 7) is 5.36. The standard InChI is InChI=1S/C13H19NO3S/c1-8-6-11(9(2)18-8)12(13(15)16)14-7-10-4-3-5-17-10/h6,10,12,14H,3-5,7H2,1-2H3,(H,15,16). The summed E-state index contributed by atoms with van der Waals surface area (Å²) in [5.74, 6) is -0.825. The normalized spacial score (nSPS) is 21.1. The average molecular weight is 269 g/mol. The fraction of sp³-hybridized carbons (Fsp3) is 0.615. The molecule has 2 atom stereocenters. The number of carboxylic acids is 1. The number of thiophene rings is 1. The van der Waals surface area contributed by atoms with Gasteiger partial charge in [0.1, 0.15) is 6.04 Å². The number of ether oxygens (including phenoxy) is 1. The minimum Gasteiger partial charge on any atom is -0.480 e. The van der Waals surface area contributed by atoms with Crippen molar-refractivity contribution in [2.24, 2.45) is 0 Å². The molecule has 1 fully saturated rings. The zero-order chi connectivity index (χ0) is 13.1. The Labute approximate surface area is 111 Å². The van der Waals surface area contributed by atoms with Gasteiger partial charge in [0.15, 0.2) is 0 Å². The summed E-state index contributed by atoms with van der Waals surface area (Å²) in [6, 6.07) is 1.33. The summed E-state index contributed by atoms with van der Waals surface area (Å²) in [5.41, 5.74) is 0.878. The molecule has 2 heterocycles. The van der Waals surface area contributed by atoms with E-state index >= 15 is 0 Å². The van der Waals surface area contributed by atoms with Crippen molar-refractivity contribution in [1.29, 1.82) is 0 Å². The third kappa shape index (κ3) is 3.10. The van der Waals surface area contributed by atoms with E-state index in [0.29, 0.717) is 6.54 Å². The van der Waals surface area contributed by atoms with Crippen molar-refractivity contribution in [3.05, 3.63) is 21.4 Å². The predicted molar refractivity (Wildman–Crippen MR) is 71.1 cm³/mol. The summed E-state index contributed by atoms with van der Waals surface area (Å²) in [6.07, 6.45) is 2.24. The first-order valence-corrected chi connectivity index (χ1v) is 7.04. The van der Waals surface area contributed by atoms with Crippen LogP contribution in [-0.2, 0) is 9.53 Å². The van der Waals surface area contributed by atoms with Crippen LogP contribution >= 0.6 is 11.3 Å². The Bertz CT molecular complexity index is 424. The maximum Gasteiger partial charge on any atom is 0.325 e. The monoisotopic (exact) mass is 269 g/mol. The van der Waals surface area contributed by atoms with E-state index in [0.717, 1.165) is 34.8 Å². The zero-order valence-electron chi connectivity index (χ0n) is 10.7. The molecule has 100 valence electrons. The van der Waals surface area contributed by atoms with E-state index in [9.17, 15) is 9.90 Å². The predicted octanol–water partition coefficient (Wildman–Crippen LogP) is 2.26. The second-order valence-electron chi connectivity index (χ2n) is 4.68. The lowest BCUT2D eigenvalue weighted by Crippen LogP contribution is -2.34. The van der Waals surface area contributed by atoms with E-state index < -0.39 is 12.0 Å². The van der Waals surface area contributed by atoms with Crippen LogP contribution in [0.3, 0.4) is 0 Å². The number of carbonyl (C=O) groups is 1. The lowest BCUT2D eigenvalue weighted by molar-refractivity contribution is -0.139. The molecule has 5 heteroatoms. The highest BCUT2D eigenvalue weighted by Gasteiger charge is 2.25. The molecule has 1 aliphatic rings. The number of aliphatic carboxylic acids is 1. The van der Waals surface area contributed by atoms with Crippen LogP contribution in [0.2, 0.25) is 0 Å². The quantitative estimate of drug-likeness (QED) is 0.861. The van der Waals surface area contributed by atoms with Gasteiger partial charge in [0, 0.05) is 22.9 Å². The first-order valence-electron chi connectivity index (χ1n) is 6.22. The summed E-state index contributed by atoms with van der Waals surface area (Å²) < 4.78 is 5.50. The first kappa shape index (κ1) is 13.5. The molecule has 0 radical (unpaired) electrons. The van der Waals surface area contributed by atoms with E-state index in [1.165, 1.54) is 0 Å². The summed E-state index contributed by atoms with van der Waals surface area (Å²) in [7, 11) is 0. The van der Waals surface area contributed by atoms with Crippen LogP contribution in [0, 0.1) is 13.8 Å². The van der Waals surface area contributed by atoms with Crippen molar-refractivity contribution in [2.75, 3.05) is 13.2 Å². The third-order valence-electron chi connectivity index (χ3n) is 3.21. The molecule has 0 amide bonds. The van der Waals surface area contributed by atoms with Gasteiger partial charge in [-0.2, -0.15) is 0 Å². The van der Waals surface area contributed by atoms with Gasteiger partial charge >= 0.3 is 5.97 Å². The number of aryl methyl sites for hydroxylation is 2. The van der Waals surface area contributed by atoms with Crippen LogP contribution in [0.1, 0.15) is 34.2 Å². The molecule has 2 unspecified atom stereocenters. The van der Waals surface area contributed by atoms with Crippen LogP contribution in [0.4, 0.5) is 0 Å². The third-order valence-corrected chi connectivity index (χ3v) is 4.19. The number of carboxylic acid groups (broad SMARTS) is 1. The number of hydrogen-bond acceptors (Lipinski definition) is 4. The Morgan fingerprint density at radius 1 is 1.67 bits per heavy atom. The molecule has 1 aliphatic heterocycles. The van der Waals surface area contributed by atoms with Crippen molar-refractivity contribution < 1.29 is 14.6 Å². The van der Waals surface area contributed by atoms with E-state index in [4.69, 9.17) is 4.74 Å². The average Bonchev–Trinajstić information content (AvgIpc) is 2.89. The molecule has 0 aromatic carbocycles. The Kier molecular flexibility index (Phi) is 4.37. The van der Waals surface area contributed by atoms with E-state index in [-0.39, 0.29) is 6.10 Å². The molecular weight excluding hydrogens is 250 g/mol. The van der Waals surface area contributed by atoms with Gasteiger partial charge in [-0.1, -0.05) is 0 Å².